The molecule has 0 amide bonds. The standard InChI is InChI=1S/C16H30N2O2/c1-2-13-4-3-8-18(9-6-13)15-12-16(7-5-14(15)17)19-10-11-20-16/h13-15H,2-12,17H2,1H3. The normalized spacial score (nSPS) is 39.0. The Labute approximate surface area is 123 Å². The zero-order chi connectivity index (χ0) is 14.0. The lowest BCUT2D eigenvalue weighted by atomic mass is 9.85. The maximum Gasteiger partial charge on any atom is 0.170 e. The van der Waals surface area contributed by atoms with Gasteiger partial charge in [-0.3, -0.25) is 4.90 Å². The van der Waals surface area contributed by atoms with Crippen LogP contribution < -0.4 is 5.73 Å². The molecule has 3 fully saturated rings. The van der Waals surface area contributed by atoms with E-state index < -0.39 is 0 Å². The summed E-state index contributed by atoms with van der Waals surface area (Å²) in [4.78, 5) is 2.63. The zero-order valence-electron chi connectivity index (χ0n) is 12.9. The molecule has 0 aromatic carbocycles. The number of hydrogen-bond donors (Lipinski definition) is 1. The molecule has 2 aliphatic heterocycles. The van der Waals surface area contributed by atoms with Crippen LogP contribution in [0.15, 0.2) is 0 Å². The van der Waals surface area contributed by atoms with Crippen LogP contribution in [0.3, 0.4) is 0 Å². The predicted molar refractivity (Wildman–Crippen MR) is 79.5 cm³/mol. The van der Waals surface area contributed by atoms with Crippen LogP contribution in [0.4, 0.5) is 0 Å². The second-order valence-electron chi connectivity index (χ2n) is 6.82. The van der Waals surface area contributed by atoms with Gasteiger partial charge in [0.1, 0.15) is 0 Å². The van der Waals surface area contributed by atoms with E-state index in [-0.39, 0.29) is 11.8 Å². The Morgan fingerprint density at radius 1 is 1.15 bits per heavy atom. The Morgan fingerprint density at radius 3 is 2.70 bits per heavy atom. The van der Waals surface area contributed by atoms with Gasteiger partial charge in [0.15, 0.2) is 5.79 Å². The van der Waals surface area contributed by atoms with Crippen molar-refractivity contribution < 1.29 is 9.47 Å². The largest absolute Gasteiger partial charge is 0.347 e. The Hall–Kier alpha value is -0.160. The van der Waals surface area contributed by atoms with Gasteiger partial charge in [0.05, 0.1) is 13.2 Å². The van der Waals surface area contributed by atoms with Gasteiger partial charge in [0.2, 0.25) is 0 Å². The van der Waals surface area contributed by atoms with Gasteiger partial charge in [0.25, 0.3) is 0 Å². The van der Waals surface area contributed by atoms with Crippen LogP contribution in [0.2, 0.25) is 0 Å². The smallest absolute Gasteiger partial charge is 0.170 e. The number of hydrogen-bond acceptors (Lipinski definition) is 4. The van der Waals surface area contributed by atoms with Crippen molar-refractivity contribution in [3.05, 3.63) is 0 Å². The van der Waals surface area contributed by atoms with Crippen molar-refractivity contribution >= 4 is 0 Å². The van der Waals surface area contributed by atoms with Crippen LogP contribution in [0, 0.1) is 5.92 Å². The third kappa shape index (κ3) is 3.03. The molecule has 116 valence electrons. The molecule has 2 heterocycles. The lowest BCUT2D eigenvalue weighted by Crippen LogP contribution is -2.56. The van der Waals surface area contributed by atoms with Crippen LogP contribution in [0.1, 0.15) is 51.9 Å². The minimum atomic E-state index is -0.309. The molecule has 2 saturated heterocycles. The summed E-state index contributed by atoms with van der Waals surface area (Å²) < 4.78 is 11.8. The molecule has 3 rings (SSSR count). The van der Waals surface area contributed by atoms with E-state index in [9.17, 15) is 0 Å². The average Bonchev–Trinajstić information content (AvgIpc) is 2.78. The van der Waals surface area contributed by atoms with E-state index in [0.717, 1.165) is 38.4 Å². The third-order valence-corrected chi connectivity index (χ3v) is 5.62. The van der Waals surface area contributed by atoms with Crippen LogP contribution in [0.5, 0.6) is 0 Å². The Kier molecular flexibility index (Phi) is 4.65. The first kappa shape index (κ1) is 14.8. The fraction of sp³-hybridized carbons (Fsp3) is 1.00. The fourth-order valence-corrected chi connectivity index (χ4v) is 4.24. The van der Waals surface area contributed by atoms with Crippen molar-refractivity contribution in [2.45, 2.75) is 69.7 Å². The van der Waals surface area contributed by atoms with Crippen LogP contribution >= 0.6 is 0 Å². The van der Waals surface area contributed by atoms with Gasteiger partial charge in [-0.15, -0.1) is 0 Å². The lowest BCUT2D eigenvalue weighted by Gasteiger charge is -2.44. The van der Waals surface area contributed by atoms with E-state index >= 15 is 0 Å². The molecule has 4 heteroatoms. The van der Waals surface area contributed by atoms with E-state index in [1.54, 1.807) is 0 Å². The van der Waals surface area contributed by atoms with Gasteiger partial charge in [0, 0.05) is 24.9 Å². The van der Waals surface area contributed by atoms with Crippen LogP contribution in [-0.2, 0) is 9.47 Å². The summed E-state index contributed by atoms with van der Waals surface area (Å²) in [7, 11) is 0. The minimum Gasteiger partial charge on any atom is -0.347 e. The fourth-order valence-electron chi connectivity index (χ4n) is 4.24. The van der Waals surface area contributed by atoms with Crippen molar-refractivity contribution in [2.24, 2.45) is 11.7 Å². The molecule has 0 aromatic rings. The summed E-state index contributed by atoms with van der Waals surface area (Å²) in [5.74, 6) is 0.601. The van der Waals surface area contributed by atoms with Crippen molar-refractivity contribution in [1.82, 2.24) is 4.90 Å². The molecule has 3 aliphatic rings. The zero-order valence-corrected chi connectivity index (χ0v) is 12.9. The number of likely N-dealkylation sites (tertiary alicyclic amines) is 1. The van der Waals surface area contributed by atoms with Crippen molar-refractivity contribution in [1.29, 1.82) is 0 Å². The van der Waals surface area contributed by atoms with Gasteiger partial charge in [-0.25, -0.2) is 0 Å². The third-order valence-electron chi connectivity index (χ3n) is 5.62. The molecule has 20 heavy (non-hydrogen) atoms. The molecule has 3 atom stereocenters. The summed E-state index contributed by atoms with van der Waals surface area (Å²) in [6, 6.07) is 0.726. The summed E-state index contributed by atoms with van der Waals surface area (Å²) >= 11 is 0. The second kappa shape index (κ2) is 6.30. The van der Waals surface area contributed by atoms with E-state index in [0.29, 0.717) is 6.04 Å². The van der Waals surface area contributed by atoms with E-state index in [4.69, 9.17) is 15.2 Å². The average molecular weight is 282 g/mol. The molecular formula is C16H30N2O2. The van der Waals surface area contributed by atoms with Gasteiger partial charge in [-0.1, -0.05) is 13.3 Å². The Morgan fingerprint density at radius 2 is 1.95 bits per heavy atom. The molecule has 1 aliphatic carbocycles. The van der Waals surface area contributed by atoms with Gasteiger partial charge in [-0.2, -0.15) is 0 Å². The second-order valence-corrected chi connectivity index (χ2v) is 6.82. The van der Waals surface area contributed by atoms with E-state index in [1.807, 2.05) is 0 Å². The summed E-state index contributed by atoms with van der Waals surface area (Å²) in [6.07, 6.45) is 8.30. The van der Waals surface area contributed by atoms with Crippen LogP contribution in [-0.4, -0.2) is 49.1 Å². The van der Waals surface area contributed by atoms with Gasteiger partial charge >= 0.3 is 0 Å². The maximum atomic E-state index is 6.43. The first-order valence-corrected chi connectivity index (χ1v) is 8.50. The molecule has 0 radical (unpaired) electrons. The van der Waals surface area contributed by atoms with Crippen molar-refractivity contribution in [3.8, 4) is 0 Å². The summed E-state index contributed by atoms with van der Waals surface area (Å²) in [6.45, 7) is 6.22. The molecule has 2 N–H and O–H groups in total. The minimum absolute atomic E-state index is 0.284. The summed E-state index contributed by atoms with van der Waals surface area (Å²) in [5, 5.41) is 0. The first-order valence-electron chi connectivity index (χ1n) is 8.50. The summed E-state index contributed by atoms with van der Waals surface area (Å²) in [5.41, 5.74) is 6.43. The van der Waals surface area contributed by atoms with Gasteiger partial charge < -0.3 is 15.2 Å². The number of nitrogens with two attached hydrogens (primary N) is 1. The van der Waals surface area contributed by atoms with Crippen LogP contribution in [0.25, 0.3) is 0 Å². The van der Waals surface area contributed by atoms with E-state index in [1.165, 1.54) is 38.8 Å². The topological polar surface area (TPSA) is 47.7 Å². The monoisotopic (exact) mass is 282 g/mol. The maximum absolute atomic E-state index is 6.43. The number of nitrogens with zero attached hydrogens (tertiary/aromatic N) is 1. The highest BCUT2D eigenvalue weighted by Crippen LogP contribution is 2.38. The number of ether oxygens (including phenoxy) is 2. The quantitative estimate of drug-likeness (QED) is 0.843. The predicted octanol–water partition coefficient (Wildman–Crippen LogP) is 2.12. The SMILES string of the molecule is CCC1CCCN(C2CC3(CCC2N)OCCO3)CC1. The molecule has 0 bridgehead atoms. The highest BCUT2D eigenvalue weighted by molar-refractivity contribution is 4.95. The number of rotatable bonds is 2. The lowest BCUT2D eigenvalue weighted by molar-refractivity contribution is -0.191. The molecular weight excluding hydrogens is 252 g/mol. The molecule has 4 nitrogen and oxygen atoms in total. The van der Waals surface area contributed by atoms with Crippen molar-refractivity contribution in [2.75, 3.05) is 26.3 Å². The van der Waals surface area contributed by atoms with Crippen molar-refractivity contribution in [3.63, 3.8) is 0 Å². The first-order chi connectivity index (χ1) is 9.72. The Bertz CT molecular complexity index is 318. The molecule has 0 aromatic heterocycles. The molecule has 1 saturated carbocycles. The van der Waals surface area contributed by atoms with Gasteiger partial charge in [-0.05, 0) is 44.7 Å². The molecule has 3 unspecified atom stereocenters. The van der Waals surface area contributed by atoms with E-state index in [2.05, 4.69) is 11.8 Å². The highest BCUT2D eigenvalue weighted by atomic mass is 16.7. The Balaban J connectivity index is 1.64. The molecule has 1 spiro atoms. The highest BCUT2D eigenvalue weighted by Gasteiger charge is 2.45.